The molecule has 0 aliphatic heterocycles. The van der Waals surface area contributed by atoms with E-state index in [2.05, 4.69) is 5.32 Å². The van der Waals surface area contributed by atoms with E-state index in [9.17, 15) is 4.79 Å². The number of rotatable bonds is 5. The molecule has 0 aromatic carbocycles. The van der Waals surface area contributed by atoms with Crippen molar-refractivity contribution in [3.8, 4) is 0 Å². The largest absolute Gasteiger partial charge is 0.472 e. The zero-order chi connectivity index (χ0) is 11.4. The molecular formula is C12H18N2O2. The first-order chi connectivity index (χ1) is 7.73. The summed E-state index contributed by atoms with van der Waals surface area (Å²) < 4.78 is 4.98. The second-order valence-electron chi connectivity index (χ2n) is 4.59. The molecule has 0 radical (unpaired) electrons. The first kappa shape index (κ1) is 11.2. The number of carbonyl (C=O) groups is 1. The summed E-state index contributed by atoms with van der Waals surface area (Å²) in [7, 11) is 0. The van der Waals surface area contributed by atoms with Crippen molar-refractivity contribution < 1.29 is 9.21 Å². The van der Waals surface area contributed by atoms with Crippen LogP contribution in [0.25, 0.3) is 0 Å². The van der Waals surface area contributed by atoms with Crippen LogP contribution in [0.3, 0.4) is 0 Å². The standard InChI is InChI=1S/C12H18N2O2/c13-11(15)12(4-1-2-5-12)9-14-7-10-3-6-16-8-10/h3,6,8,14H,1-2,4-5,7,9H2,(H2,13,15). The summed E-state index contributed by atoms with van der Waals surface area (Å²) in [6.45, 7) is 1.40. The van der Waals surface area contributed by atoms with E-state index in [1.807, 2.05) is 6.07 Å². The zero-order valence-electron chi connectivity index (χ0n) is 9.37. The molecule has 3 N–H and O–H groups in total. The predicted octanol–water partition coefficient (Wildman–Crippen LogP) is 1.41. The third-order valence-corrected chi connectivity index (χ3v) is 3.46. The van der Waals surface area contributed by atoms with Gasteiger partial charge in [0.2, 0.25) is 5.91 Å². The number of furan rings is 1. The number of nitrogens with one attached hydrogen (secondary N) is 1. The van der Waals surface area contributed by atoms with Crippen LogP contribution in [0.4, 0.5) is 0 Å². The van der Waals surface area contributed by atoms with Gasteiger partial charge < -0.3 is 15.5 Å². The van der Waals surface area contributed by atoms with Crippen molar-refractivity contribution in [3.05, 3.63) is 24.2 Å². The maximum Gasteiger partial charge on any atom is 0.224 e. The van der Waals surface area contributed by atoms with Gasteiger partial charge in [-0.25, -0.2) is 0 Å². The number of hydrogen-bond acceptors (Lipinski definition) is 3. The number of amides is 1. The minimum absolute atomic E-state index is 0.162. The van der Waals surface area contributed by atoms with Crippen LogP contribution < -0.4 is 11.1 Å². The molecule has 0 unspecified atom stereocenters. The average Bonchev–Trinajstić information content (AvgIpc) is 2.88. The molecule has 1 heterocycles. The highest BCUT2D eigenvalue weighted by Crippen LogP contribution is 2.37. The van der Waals surface area contributed by atoms with Crippen LogP contribution in [-0.4, -0.2) is 12.5 Å². The lowest BCUT2D eigenvalue weighted by molar-refractivity contribution is -0.127. The lowest BCUT2D eigenvalue weighted by atomic mass is 9.85. The van der Waals surface area contributed by atoms with Gasteiger partial charge in [0.05, 0.1) is 17.9 Å². The van der Waals surface area contributed by atoms with Crippen molar-refractivity contribution in [2.45, 2.75) is 32.2 Å². The maximum absolute atomic E-state index is 11.5. The van der Waals surface area contributed by atoms with Crippen LogP contribution in [0.2, 0.25) is 0 Å². The Morgan fingerprint density at radius 1 is 1.50 bits per heavy atom. The summed E-state index contributed by atoms with van der Waals surface area (Å²) in [5, 5.41) is 3.29. The Morgan fingerprint density at radius 2 is 2.25 bits per heavy atom. The topological polar surface area (TPSA) is 68.3 Å². The second-order valence-corrected chi connectivity index (χ2v) is 4.59. The minimum Gasteiger partial charge on any atom is -0.472 e. The smallest absolute Gasteiger partial charge is 0.224 e. The van der Waals surface area contributed by atoms with Gasteiger partial charge in [0, 0.05) is 18.7 Å². The highest BCUT2D eigenvalue weighted by molar-refractivity contribution is 5.81. The van der Waals surface area contributed by atoms with E-state index in [-0.39, 0.29) is 11.3 Å². The van der Waals surface area contributed by atoms with Crippen molar-refractivity contribution in [1.29, 1.82) is 0 Å². The highest BCUT2D eigenvalue weighted by atomic mass is 16.3. The molecular weight excluding hydrogens is 204 g/mol. The molecule has 16 heavy (non-hydrogen) atoms. The Balaban J connectivity index is 1.85. The molecule has 0 saturated heterocycles. The molecule has 4 nitrogen and oxygen atoms in total. The molecule has 88 valence electrons. The first-order valence-corrected chi connectivity index (χ1v) is 5.75. The van der Waals surface area contributed by atoms with Gasteiger partial charge in [0.25, 0.3) is 0 Å². The number of nitrogens with two attached hydrogens (primary N) is 1. The summed E-state index contributed by atoms with van der Waals surface area (Å²) in [4.78, 5) is 11.5. The van der Waals surface area contributed by atoms with E-state index < -0.39 is 0 Å². The quantitative estimate of drug-likeness (QED) is 0.791. The molecule has 2 rings (SSSR count). The fourth-order valence-corrected chi connectivity index (χ4v) is 2.40. The SMILES string of the molecule is NC(=O)C1(CNCc2ccoc2)CCCC1. The Morgan fingerprint density at radius 3 is 2.81 bits per heavy atom. The summed E-state index contributed by atoms with van der Waals surface area (Å²) >= 11 is 0. The van der Waals surface area contributed by atoms with Gasteiger partial charge in [-0.15, -0.1) is 0 Å². The van der Waals surface area contributed by atoms with Crippen LogP contribution in [0.15, 0.2) is 23.0 Å². The number of carbonyl (C=O) groups excluding carboxylic acids is 1. The second kappa shape index (κ2) is 4.70. The monoisotopic (exact) mass is 222 g/mol. The molecule has 0 bridgehead atoms. The molecule has 1 saturated carbocycles. The summed E-state index contributed by atoms with van der Waals surface area (Å²) in [6.07, 6.45) is 7.41. The summed E-state index contributed by atoms with van der Waals surface area (Å²) in [6, 6.07) is 1.92. The maximum atomic E-state index is 11.5. The van der Waals surface area contributed by atoms with Gasteiger partial charge >= 0.3 is 0 Å². The Labute approximate surface area is 95.2 Å². The fraction of sp³-hybridized carbons (Fsp3) is 0.583. The fourth-order valence-electron chi connectivity index (χ4n) is 2.40. The van der Waals surface area contributed by atoms with E-state index in [1.54, 1.807) is 12.5 Å². The van der Waals surface area contributed by atoms with Gasteiger partial charge in [-0.2, -0.15) is 0 Å². The van der Waals surface area contributed by atoms with E-state index in [4.69, 9.17) is 10.2 Å². The van der Waals surface area contributed by atoms with Gasteiger partial charge in [-0.3, -0.25) is 4.79 Å². The van der Waals surface area contributed by atoms with Gasteiger partial charge in [-0.05, 0) is 18.9 Å². The minimum atomic E-state index is -0.316. The highest BCUT2D eigenvalue weighted by Gasteiger charge is 2.38. The van der Waals surface area contributed by atoms with Crippen molar-refractivity contribution in [2.24, 2.45) is 11.1 Å². The lowest BCUT2D eigenvalue weighted by Crippen LogP contribution is -2.42. The van der Waals surface area contributed by atoms with Crippen LogP contribution in [0, 0.1) is 5.41 Å². The molecule has 1 amide bonds. The Hall–Kier alpha value is -1.29. The Kier molecular flexibility index (Phi) is 3.29. The third kappa shape index (κ3) is 2.27. The molecule has 0 spiro atoms. The summed E-state index contributed by atoms with van der Waals surface area (Å²) in [5.41, 5.74) is 6.27. The van der Waals surface area contributed by atoms with Crippen LogP contribution in [0.5, 0.6) is 0 Å². The van der Waals surface area contributed by atoms with Crippen molar-refractivity contribution in [2.75, 3.05) is 6.54 Å². The van der Waals surface area contributed by atoms with Crippen molar-refractivity contribution in [1.82, 2.24) is 5.32 Å². The van der Waals surface area contributed by atoms with Crippen LogP contribution >= 0.6 is 0 Å². The first-order valence-electron chi connectivity index (χ1n) is 5.75. The molecule has 0 atom stereocenters. The van der Waals surface area contributed by atoms with Gasteiger partial charge in [-0.1, -0.05) is 12.8 Å². The molecule has 1 aromatic heterocycles. The van der Waals surface area contributed by atoms with E-state index in [0.29, 0.717) is 6.54 Å². The van der Waals surface area contributed by atoms with Gasteiger partial charge in [0.15, 0.2) is 0 Å². The Bertz CT molecular complexity index is 340. The normalized spacial score (nSPS) is 18.8. The molecule has 1 aromatic rings. The average molecular weight is 222 g/mol. The zero-order valence-corrected chi connectivity index (χ0v) is 9.37. The summed E-state index contributed by atoms with van der Waals surface area (Å²) in [5.74, 6) is -0.162. The van der Waals surface area contributed by atoms with Crippen molar-refractivity contribution >= 4 is 5.91 Å². The van der Waals surface area contributed by atoms with Crippen LogP contribution in [0.1, 0.15) is 31.2 Å². The van der Waals surface area contributed by atoms with E-state index in [0.717, 1.165) is 37.8 Å². The number of hydrogen-bond donors (Lipinski definition) is 2. The van der Waals surface area contributed by atoms with E-state index >= 15 is 0 Å². The molecule has 1 aliphatic carbocycles. The van der Waals surface area contributed by atoms with Crippen LogP contribution in [-0.2, 0) is 11.3 Å². The lowest BCUT2D eigenvalue weighted by Gasteiger charge is -2.25. The molecule has 1 aliphatic rings. The molecule has 4 heteroatoms. The number of primary amides is 1. The third-order valence-electron chi connectivity index (χ3n) is 3.46. The predicted molar refractivity (Wildman–Crippen MR) is 60.5 cm³/mol. The van der Waals surface area contributed by atoms with Gasteiger partial charge in [0.1, 0.15) is 0 Å². The molecule has 1 fully saturated rings. The van der Waals surface area contributed by atoms with Crippen molar-refractivity contribution in [3.63, 3.8) is 0 Å². The van der Waals surface area contributed by atoms with E-state index in [1.165, 1.54) is 0 Å².